The highest BCUT2D eigenvalue weighted by molar-refractivity contribution is 7.10. The van der Waals surface area contributed by atoms with E-state index in [2.05, 4.69) is 17.0 Å². The van der Waals surface area contributed by atoms with Gasteiger partial charge in [-0.3, -0.25) is 4.90 Å². The van der Waals surface area contributed by atoms with Crippen LogP contribution in [0.25, 0.3) is 11.1 Å². The summed E-state index contributed by atoms with van der Waals surface area (Å²) in [5.74, 6) is 0.686. The first-order valence-corrected chi connectivity index (χ1v) is 10.3. The summed E-state index contributed by atoms with van der Waals surface area (Å²) in [5, 5.41) is 22.6. The van der Waals surface area contributed by atoms with Gasteiger partial charge in [0.05, 0.1) is 6.61 Å². The summed E-state index contributed by atoms with van der Waals surface area (Å²) in [6.07, 6.45) is -0.609. The lowest BCUT2D eigenvalue weighted by molar-refractivity contribution is 0.0744. The summed E-state index contributed by atoms with van der Waals surface area (Å²) in [6, 6.07) is 17.3. The predicted octanol–water partition coefficient (Wildman–Crippen LogP) is 4.43. The molecule has 3 aromatic rings. The number of benzene rings is 2. The van der Waals surface area contributed by atoms with Gasteiger partial charge in [0.1, 0.15) is 18.5 Å². The molecule has 4 nitrogen and oxygen atoms in total. The molecule has 0 radical (unpaired) electrons. The van der Waals surface area contributed by atoms with Gasteiger partial charge >= 0.3 is 0 Å². The minimum atomic E-state index is -0.609. The number of halogens is 1. The van der Waals surface area contributed by atoms with E-state index in [0.717, 1.165) is 21.6 Å². The maximum atomic E-state index is 10.3. The van der Waals surface area contributed by atoms with Crippen molar-refractivity contribution in [1.82, 2.24) is 4.90 Å². The van der Waals surface area contributed by atoms with Gasteiger partial charge in [-0.1, -0.05) is 35.9 Å². The summed E-state index contributed by atoms with van der Waals surface area (Å²) in [5.41, 5.74) is 3.35. The van der Waals surface area contributed by atoms with Crippen LogP contribution in [-0.2, 0) is 13.2 Å². The number of ether oxygens (including phenoxy) is 1. The molecule has 0 bridgehead atoms. The number of rotatable bonds is 9. The second-order valence-electron chi connectivity index (χ2n) is 6.69. The lowest BCUT2D eigenvalue weighted by atomic mass is 10.00. The first-order valence-electron chi connectivity index (χ1n) is 9.07. The van der Waals surface area contributed by atoms with Crippen LogP contribution in [0.3, 0.4) is 0 Å². The van der Waals surface area contributed by atoms with Gasteiger partial charge < -0.3 is 14.9 Å². The van der Waals surface area contributed by atoms with Crippen molar-refractivity contribution in [2.75, 3.05) is 20.2 Å². The van der Waals surface area contributed by atoms with Gasteiger partial charge in [-0.2, -0.15) is 0 Å². The smallest absolute Gasteiger partial charge is 0.119 e. The van der Waals surface area contributed by atoms with Gasteiger partial charge in [0.2, 0.25) is 0 Å². The van der Waals surface area contributed by atoms with Gasteiger partial charge in [0, 0.05) is 23.0 Å². The molecular formula is C22H24ClNO3S. The van der Waals surface area contributed by atoms with Crippen LogP contribution in [0.15, 0.2) is 60.0 Å². The average molecular weight is 418 g/mol. The molecule has 1 heterocycles. The minimum Gasteiger partial charge on any atom is -0.491 e. The van der Waals surface area contributed by atoms with Gasteiger partial charge in [-0.05, 0) is 59.4 Å². The molecule has 0 aliphatic rings. The Labute approximate surface area is 174 Å². The van der Waals surface area contributed by atoms with E-state index < -0.39 is 6.10 Å². The van der Waals surface area contributed by atoms with E-state index >= 15 is 0 Å². The topological polar surface area (TPSA) is 52.9 Å². The number of nitrogens with zero attached hydrogens (tertiary/aromatic N) is 1. The molecule has 2 aromatic carbocycles. The largest absolute Gasteiger partial charge is 0.491 e. The van der Waals surface area contributed by atoms with Crippen LogP contribution < -0.4 is 4.74 Å². The molecule has 0 saturated carbocycles. The number of hydrogen-bond acceptors (Lipinski definition) is 5. The van der Waals surface area contributed by atoms with Crippen LogP contribution in [0.2, 0.25) is 5.02 Å². The fourth-order valence-corrected chi connectivity index (χ4v) is 3.99. The van der Waals surface area contributed by atoms with Crippen molar-refractivity contribution >= 4 is 22.9 Å². The molecule has 1 aromatic heterocycles. The van der Waals surface area contributed by atoms with Crippen molar-refractivity contribution in [3.8, 4) is 16.9 Å². The quantitative estimate of drug-likeness (QED) is 0.540. The molecule has 1 unspecified atom stereocenters. The van der Waals surface area contributed by atoms with Gasteiger partial charge in [0.15, 0.2) is 0 Å². The monoisotopic (exact) mass is 417 g/mol. The Hall–Kier alpha value is -1.89. The van der Waals surface area contributed by atoms with Crippen molar-refractivity contribution < 1.29 is 14.9 Å². The lowest BCUT2D eigenvalue weighted by Crippen LogP contribution is -2.32. The number of aliphatic hydroxyl groups is 2. The van der Waals surface area contributed by atoms with Crippen LogP contribution in [0.5, 0.6) is 5.75 Å². The molecule has 3 rings (SSSR count). The van der Waals surface area contributed by atoms with Crippen LogP contribution in [0, 0.1) is 0 Å². The predicted molar refractivity (Wildman–Crippen MR) is 115 cm³/mol. The average Bonchev–Trinajstić information content (AvgIpc) is 3.16. The maximum absolute atomic E-state index is 10.3. The normalized spacial score (nSPS) is 12.3. The highest BCUT2D eigenvalue weighted by atomic mass is 35.5. The third kappa shape index (κ3) is 5.56. The molecule has 148 valence electrons. The van der Waals surface area contributed by atoms with Gasteiger partial charge in [0.25, 0.3) is 0 Å². The lowest BCUT2D eigenvalue weighted by Gasteiger charge is -2.22. The molecule has 0 aliphatic carbocycles. The highest BCUT2D eigenvalue weighted by Gasteiger charge is 2.14. The molecule has 0 saturated heterocycles. The number of aliphatic hydroxyl groups excluding tert-OH is 2. The van der Waals surface area contributed by atoms with E-state index in [1.807, 2.05) is 30.6 Å². The van der Waals surface area contributed by atoms with Gasteiger partial charge in [-0.15, -0.1) is 11.3 Å². The Morgan fingerprint density at radius 1 is 1.07 bits per heavy atom. The second kappa shape index (κ2) is 10.0. The molecule has 2 N–H and O–H groups in total. The summed E-state index contributed by atoms with van der Waals surface area (Å²) >= 11 is 7.42. The summed E-state index contributed by atoms with van der Waals surface area (Å²) in [7, 11) is 1.98. The van der Waals surface area contributed by atoms with E-state index in [-0.39, 0.29) is 13.2 Å². The first kappa shape index (κ1) is 20.8. The Bertz CT molecular complexity index is 881. The molecular weight excluding hydrogens is 394 g/mol. The second-order valence-corrected chi connectivity index (χ2v) is 8.13. The van der Waals surface area contributed by atoms with E-state index in [1.165, 1.54) is 0 Å². The van der Waals surface area contributed by atoms with Crippen molar-refractivity contribution in [2.45, 2.75) is 19.3 Å². The van der Waals surface area contributed by atoms with Crippen LogP contribution >= 0.6 is 22.9 Å². The summed E-state index contributed by atoms with van der Waals surface area (Å²) in [6.45, 7) is 1.43. The van der Waals surface area contributed by atoms with Crippen LogP contribution in [0.4, 0.5) is 0 Å². The Balaban J connectivity index is 1.59. The molecule has 1 atom stereocenters. The Morgan fingerprint density at radius 3 is 2.57 bits per heavy atom. The zero-order chi connectivity index (χ0) is 19.9. The fraction of sp³-hybridized carbons (Fsp3) is 0.273. The van der Waals surface area contributed by atoms with Crippen molar-refractivity contribution in [3.63, 3.8) is 0 Å². The molecule has 0 amide bonds. The SMILES string of the molecule is CN(Cc1ccccc1-c1ccsc1CO)CC(O)COc1ccc(Cl)cc1. The Kier molecular flexibility index (Phi) is 7.48. The summed E-state index contributed by atoms with van der Waals surface area (Å²) < 4.78 is 5.63. The molecule has 0 spiro atoms. The third-order valence-electron chi connectivity index (χ3n) is 4.42. The number of likely N-dealkylation sites (N-methyl/N-ethyl adjacent to an activating group) is 1. The molecule has 6 heteroatoms. The van der Waals surface area contributed by atoms with Crippen LogP contribution in [-0.4, -0.2) is 41.4 Å². The first-order chi connectivity index (χ1) is 13.6. The van der Waals surface area contributed by atoms with E-state index in [0.29, 0.717) is 23.9 Å². The van der Waals surface area contributed by atoms with E-state index in [9.17, 15) is 10.2 Å². The number of thiophene rings is 1. The third-order valence-corrected chi connectivity index (χ3v) is 5.57. The molecule has 0 fully saturated rings. The van der Waals surface area contributed by atoms with Crippen molar-refractivity contribution in [1.29, 1.82) is 0 Å². The van der Waals surface area contributed by atoms with E-state index in [1.54, 1.807) is 35.6 Å². The van der Waals surface area contributed by atoms with Crippen molar-refractivity contribution in [2.24, 2.45) is 0 Å². The minimum absolute atomic E-state index is 0.0396. The van der Waals surface area contributed by atoms with E-state index in [4.69, 9.17) is 16.3 Å². The number of hydrogen-bond donors (Lipinski definition) is 2. The van der Waals surface area contributed by atoms with Gasteiger partial charge in [-0.25, -0.2) is 0 Å². The fourth-order valence-electron chi connectivity index (χ4n) is 3.12. The standard InChI is InChI=1S/C22H24ClNO3S/c1-24(13-18(26)15-27-19-8-6-17(23)7-9-19)12-16-4-2-3-5-20(16)21-10-11-28-22(21)14-25/h2-11,18,25-26H,12-15H2,1H3. The van der Waals surface area contributed by atoms with Crippen molar-refractivity contribution in [3.05, 3.63) is 75.4 Å². The Morgan fingerprint density at radius 2 is 1.82 bits per heavy atom. The van der Waals surface area contributed by atoms with Crippen LogP contribution in [0.1, 0.15) is 10.4 Å². The highest BCUT2D eigenvalue weighted by Crippen LogP contribution is 2.31. The molecule has 0 aliphatic heterocycles. The zero-order valence-corrected chi connectivity index (χ0v) is 17.3. The summed E-state index contributed by atoms with van der Waals surface area (Å²) in [4.78, 5) is 3.03. The molecule has 28 heavy (non-hydrogen) atoms. The zero-order valence-electron chi connectivity index (χ0n) is 15.7. The maximum Gasteiger partial charge on any atom is 0.119 e.